The predicted molar refractivity (Wildman–Crippen MR) is 67.4 cm³/mol. The number of anilines is 1. The Bertz CT molecular complexity index is 469. The molecule has 0 saturated heterocycles. The summed E-state index contributed by atoms with van der Waals surface area (Å²) in [6, 6.07) is 0. The van der Waals surface area contributed by atoms with Gasteiger partial charge in [0.05, 0.1) is 22.8 Å². The van der Waals surface area contributed by atoms with E-state index in [4.69, 9.17) is 0 Å². The second-order valence-corrected chi connectivity index (χ2v) is 6.66. The number of H-pyrrole nitrogens is 1. The van der Waals surface area contributed by atoms with E-state index in [0.717, 1.165) is 12.1 Å². The van der Waals surface area contributed by atoms with Gasteiger partial charge in [-0.25, -0.2) is 8.42 Å². The first kappa shape index (κ1) is 12.4. The van der Waals surface area contributed by atoms with E-state index in [1.54, 1.807) is 6.92 Å². The van der Waals surface area contributed by atoms with E-state index < -0.39 is 10.0 Å². The molecule has 0 amide bonds. The van der Waals surface area contributed by atoms with Crippen LogP contribution in [0.5, 0.6) is 0 Å². The van der Waals surface area contributed by atoms with Crippen molar-refractivity contribution in [1.82, 2.24) is 10.2 Å². The van der Waals surface area contributed by atoms with Gasteiger partial charge in [-0.15, -0.1) is 0 Å². The molecule has 1 aliphatic carbocycles. The molecule has 1 aromatic heterocycles. The minimum Gasteiger partial charge on any atom is -0.280 e. The normalized spacial score (nSPS) is 16.8. The highest BCUT2D eigenvalue weighted by atomic mass is 32.2. The second kappa shape index (κ2) is 4.68. The summed E-state index contributed by atoms with van der Waals surface area (Å²) in [5, 5.41) is 6.74. The largest absolute Gasteiger partial charge is 0.280 e. The van der Waals surface area contributed by atoms with Gasteiger partial charge in [-0.3, -0.25) is 9.82 Å². The molecule has 0 unspecified atom stereocenters. The lowest BCUT2D eigenvalue weighted by Crippen LogP contribution is -2.22. The molecule has 0 radical (unpaired) electrons. The highest BCUT2D eigenvalue weighted by molar-refractivity contribution is 7.92. The maximum Gasteiger partial charge on any atom is 0.232 e. The molecule has 2 rings (SSSR count). The Morgan fingerprint density at radius 3 is 2.59 bits per heavy atom. The van der Waals surface area contributed by atoms with Gasteiger partial charge in [-0.05, 0) is 26.2 Å². The van der Waals surface area contributed by atoms with Crippen molar-refractivity contribution in [3.8, 4) is 0 Å². The lowest BCUT2D eigenvalue weighted by Gasteiger charge is -2.24. The topological polar surface area (TPSA) is 74.8 Å². The Labute approximate surface area is 102 Å². The van der Waals surface area contributed by atoms with Crippen LogP contribution in [-0.2, 0) is 10.0 Å². The van der Waals surface area contributed by atoms with Gasteiger partial charge in [0.1, 0.15) is 0 Å². The van der Waals surface area contributed by atoms with Gasteiger partial charge in [-0.1, -0.05) is 19.3 Å². The lowest BCUT2D eigenvalue weighted by molar-refractivity contribution is 0.307. The van der Waals surface area contributed by atoms with Gasteiger partial charge in [0.15, 0.2) is 0 Å². The number of hydrogen-bond donors (Lipinski definition) is 2. The zero-order valence-corrected chi connectivity index (χ0v) is 11.1. The van der Waals surface area contributed by atoms with Crippen LogP contribution in [0.2, 0.25) is 0 Å². The van der Waals surface area contributed by atoms with Crippen molar-refractivity contribution in [2.75, 3.05) is 10.5 Å². The number of sulfonamides is 1. The number of aryl methyl sites for hydroxylation is 2. The third-order valence-electron chi connectivity index (χ3n) is 3.41. The quantitative estimate of drug-likeness (QED) is 0.846. The highest BCUT2D eigenvalue weighted by Gasteiger charge is 2.21. The maximum absolute atomic E-state index is 11.9. The molecule has 96 valence electrons. The van der Waals surface area contributed by atoms with Gasteiger partial charge >= 0.3 is 0 Å². The monoisotopic (exact) mass is 257 g/mol. The minimum atomic E-state index is -3.23. The summed E-state index contributed by atoms with van der Waals surface area (Å²) in [6.07, 6.45) is 4.38. The SMILES string of the molecule is Cc1n[nH]c(C)c1NS(=O)(=O)CCC1CCC1. The molecular formula is C11H19N3O2S. The molecule has 2 N–H and O–H groups in total. The van der Waals surface area contributed by atoms with E-state index >= 15 is 0 Å². The molecule has 1 aliphatic rings. The fourth-order valence-corrected chi connectivity index (χ4v) is 3.37. The number of hydrogen-bond acceptors (Lipinski definition) is 3. The van der Waals surface area contributed by atoms with Gasteiger partial charge in [-0.2, -0.15) is 5.10 Å². The summed E-state index contributed by atoms with van der Waals surface area (Å²) < 4.78 is 26.4. The summed E-state index contributed by atoms with van der Waals surface area (Å²) in [7, 11) is -3.23. The second-order valence-electron chi connectivity index (χ2n) is 4.82. The van der Waals surface area contributed by atoms with Crippen molar-refractivity contribution in [2.24, 2.45) is 5.92 Å². The Morgan fingerprint density at radius 2 is 2.12 bits per heavy atom. The van der Waals surface area contributed by atoms with Crippen molar-refractivity contribution in [2.45, 2.75) is 39.5 Å². The van der Waals surface area contributed by atoms with Gasteiger partial charge < -0.3 is 0 Å². The van der Waals surface area contributed by atoms with E-state index in [9.17, 15) is 8.42 Å². The van der Waals surface area contributed by atoms with E-state index in [0.29, 0.717) is 17.3 Å². The molecule has 0 aliphatic heterocycles. The van der Waals surface area contributed by atoms with Crippen LogP contribution in [0.4, 0.5) is 5.69 Å². The summed E-state index contributed by atoms with van der Waals surface area (Å²) in [5.74, 6) is 0.819. The molecule has 1 heterocycles. The molecule has 0 aromatic carbocycles. The molecule has 0 spiro atoms. The van der Waals surface area contributed by atoms with Crippen LogP contribution >= 0.6 is 0 Å². The fraction of sp³-hybridized carbons (Fsp3) is 0.727. The minimum absolute atomic E-state index is 0.210. The van der Waals surface area contributed by atoms with Gasteiger partial charge in [0.2, 0.25) is 10.0 Å². The molecule has 1 fully saturated rings. The molecule has 0 atom stereocenters. The zero-order chi connectivity index (χ0) is 12.5. The highest BCUT2D eigenvalue weighted by Crippen LogP contribution is 2.30. The Balaban J connectivity index is 1.96. The van der Waals surface area contributed by atoms with Crippen LogP contribution in [0.1, 0.15) is 37.1 Å². The fourth-order valence-electron chi connectivity index (χ4n) is 2.01. The Kier molecular flexibility index (Phi) is 3.42. The predicted octanol–water partition coefficient (Wildman–Crippen LogP) is 1.96. The maximum atomic E-state index is 11.9. The third kappa shape index (κ3) is 3.00. The summed E-state index contributed by atoms with van der Waals surface area (Å²) in [6.45, 7) is 3.59. The first-order valence-electron chi connectivity index (χ1n) is 6.00. The molecule has 6 heteroatoms. The summed E-state index contributed by atoms with van der Waals surface area (Å²) in [5.41, 5.74) is 2.04. The van der Waals surface area contributed by atoms with Gasteiger partial charge in [0.25, 0.3) is 0 Å². The molecule has 5 nitrogen and oxygen atoms in total. The van der Waals surface area contributed by atoms with Crippen LogP contribution in [0.15, 0.2) is 0 Å². The lowest BCUT2D eigenvalue weighted by atomic mass is 9.84. The van der Waals surface area contributed by atoms with Crippen molar-refractivity contribution in [3.05, 3.63) is 11.4 Å². The summed E-state index contributed by atoms with van der Waals surface area (Å²) >= 11 is 0. The number of aromatic amines is 1. The van der Waals surface area contributed by atoms with Crippen LogP contribution in [0, 0.1) is 19.8 Å². The molecule has 1 aromatic rings. The smallest absolute Gasteiger partial charge is 0.232 e. The summed E-state index contributed by atoms with van der Waals surface area (Å²) in [4.78, 5) is 0. The van der Waals surface area contributed by atoms with Gasteiger partial charge in [0, 0.05) is 0 Å². The third-order valence-corrected chi connectivity index (χ3v) is 4.69. The van der Waals surface area contributed by atoms with Crippen molar-refractivity contribution < 1.29 is 8.42 Å². The number of nitrogens with zero attached hydrogens (tertiary/aromatic N) is 1. The van der Waals surface area contributed by atoms with E-state index in [2.05, 4.69) is 14.9 Å². The molecule has 17 heavy (non-hydrogen) atoms. The van der Waals surface area contributed by atoms with E-state index in [1.807, 2.05) is 6.92 Å². The van der Waals surface area contributed by atoms with E-state index in [-0.39, 0.29) is 5.75 Å². The number of nitrogens with one attached hydrogen (secondary N) is 2. The first-order chi connectivity index (χ1) is 7.98. The van der Waals surface area contributed by atoms with Crippen LogP contribution in [0.25, 0.3) is 0 Å². The number of aromatic nitrogens is 2. The van der Waals surface area contributed by atoms with E-state index in [1.165, 1.54) is 19.3 Å². The van der Waals surface area contributed by atoms with Crippen LogP contribution in [-0.4, -0.2) is 24.4 Å². The molecular weight excluding hydrogens is 238 g/mol. The Morgan fingerprint density at radius 1 is 1.41 bits per heavy atom. The molecule has 0 bridgehead atoms. The Hall–Kier alpha value is -1.04. The average Bonchev–Trinajstić information content (AvgIpc) is 2.46. The standard InChI is InChI=1S/C11H19N3O2S/c1-8-11(9(2)13-12-8)14-17(15,16)7-6-10-4-3-5-10/h10,14H,3-7H2,1-2H3,(H,12,13). The number of rotatable bonds is 5. The van der Waals surface area contributed by atoms with Crippen LogP contribution in [0.3, 0.4) is 0 Å². The molecule has 1 saturated carbocycles. The van der Waals surface area contributed by atoms with Crippen molar-refractivity contribution in [3.63, 3.8) is 0 Å². The zero-order valence-electron chi connectivity index (χ0n) is 10.3. The van der Waals surface area contributed by atoms with Crippen molar-refractivity contribution in [1.29, 1.82) is 0 Å². The first-order valence-corrected chi connectivity index (χ1v) is 7.65. The van der Waals surface area contributed by atoms with Crippen LogP contribution < -0.4 is 4.72 Å². The van der Waals surface area contributed by atoms with Crippen molar-refractivity contribution >= 4 is 15.7 Å². The average molecular weight is 257 g/mol.